The number of carbonyl (C=O) groups excluding carboxylic acids is 2. The number of rotatable bonds is 10. The summed E-state index contributed by atoms with van der Waals surface area (Å²) in [5.74, 6) is -0.404. The van der Waals surface area contributed by atoms with Crippen LogP contribution in [0.2, 0.25) is 0 Å². The van der Waals surface area contributed by atoms with Crippen molar-refractivity contribution in [1.82, 2.24) is 20.2 Å². The van der Waals surface area contributed by atoms with E-state index in [2.05, 4.69) is 29.5 Å². The highest BCUT2D eigenvalue weighted by Gasteiger charge is 2.34. The number of amides is 2. The Morgan fingerprint density at radius 1 is 1.28 bits per heavy atom. The van der Waals surface area contributed by atoms with Gasteiger partial charge in [0.2, 0.25) is 11.9 Å². The Morgan fingerprint density at radius 3 is 2.74 bits per heavy atom. The number of hydrogen-bond donors (Lipinski definition) is 3. The van der Waals surface area contributed by atoms with E-state index in [1.807, 2.05) is 13.0 Å². The highest BCUT2D eigenvalue weighted by molar-refractivity contribution is 7.15. The van der Waals surface area contributed by atoms with Crippen molar-refractivity contribution in [2.24, 2.45) is 0 Å². The van der Waals surface area contributed by atoms with Crippen LogP contribution in [-0.4, -0.2) is 64.1 Å². The van der Waals surface area contributed by atoms with Crippen molar-refractivity contribution in [3.05, 3.63) is 57.8 Å². The maximum atomic E-state index is 14.0. The molecule has 0 radical (unpaired) electrons. The van der Waals surface area contributed by atoms with E-state index in [1.54, 1.807) is 19.2 Å². The number of nitrogens with zero attached hydrogens (tertiary/aromatic N) is 3. The molecule has 0 fully saturated rings. The number of halogens is 1. The van der Waals surface area contributed by atoms with Gasteiger partial charge in [0.25, 0.3) is 5.91 Å². The molecule has 39 heavy (non-hydrogen) atoms. The van der Waals surface area contributed by atoms with Crippen LogP contribution in [0.15, 0.2) is 30.5 Å². The van der Waals surface area contributed by atoms with Gasteiger partial charge in [0.05, 0.1) is 35.9 Å². The van der Waals surface area contributed by atoms with Gasteiger partial charge in [0.1, 0.15) is 17.6 Å². The molecule has 0 saturated carbocycles. The van der Waals surface area contributed by atoms with Crippen LogP contribution < -0.4 is 15.4 Å². The highest BCUT2D eigenvalue weighted by Crippen LogP contribution is 2.36. The topological polar surface area (TPSA) is 117 Å². The summed E-state index contributed by atoms with van der Waals surface area (Å²) in [6.45, 7) is 7.67. The molecule has 1 aliphatic rings. The molecule has 3 atom stereocenters. The molecule has 0 aliphatic carbocycles. The minimum absolute atomic E-state index is 0.230. The average molecular weight is 556 g/mol. The summed E-state index contributed by atoms with van der Waals surface area (Å²) in [4.78, 5) is 39.1. The third-order valence-corrected chi connectivity index (χ3v) is 8.15. The zero-order valence-electron chi connectivity index (χ0n) is 22.7. The molecule has 1 aliphatic heterocycles. The van der Waals surface area contributed by atoms with E-state index in [0.717, 1.165) is 27.4 Å². The van der Waals surface area contributed by atoms with Crippen LogP contribution in [0.3, 0.4) is 0 Å². The first-order valence-corrected chi connectivity index (χ1v) is 13.8. The standard InChI is InChI=1S/C28H34FN5O4S/c1-6-16(3)31-28-30-13-15(2)25(33-28)24-12-21-23(39-24)7-8-34(27(21)37)17(4)26(36)32-22(14-35)18-9-19(29)11-20(10-18)38-5/h9-13,16-17,22,35H,6-8,14H2,1-5H3,(H,32,36)(H,30,31,33)/t16-,17+,22+/m0/s1. The SMILES string of the molecule is CC[C@H](C)Nc1ncc(C)c(-c2cc3c(s2)CCN([C@H](C)C(=O)N[C@H](CO)c2cc(F)cc(OC)c2)C3=O)n1. The molecule has 0 spiro atoms. The first kappa shape index (κ1) is 28.4. The van der Waals surface area contributed by atoms with E-state index in [9.17, 15) is 19.1 Å². The fourth-order valence-electron chi connectivity index (χ4n) is 4.42. The Balaban J connectivity index is 1.51. The quantitative estimate of drug-likeness (QED) is 0.345. The molecule has 11 heteroatoms. The zero-order chi connectivity index (χ0) is 28.3. The van der Waals surface area contributed by atoms with Crippen LogP contribution >= 0.6 is 11.3 Å². The number of aliphatic hydroxyl groups excluding tert-OH is 1. The molecule has 0 unspecified atom stereocenters. The number of aromatic nitrogens is 2. The van der Waals surface area contributed by atoms with Gasteiger partial charge < -0.3 is 25.4 Å². The smallest absolute Gasteiger partial charge is 0.255 e. The van der Waals surface area contributed by atoms with Crippen molar-refractivity contribution in [3.63, 3.8) is 0 Å². The maximum absolute atomic E-state index is 14.0. The molecule has 4 rings (SSSR count). The van der Waals surface area contributed by atoms with Gasteiger partial charge in [0.15, 0.2) is 0 Å². The predicted octanol–water partition coefficient (Wildman–Crippen LogP) is 4.11. The second kappa shape index (κ2) is 12.1. The maximum Gasteiger partial charge on any atom is 0.255 e. The largest absolute Gasteiger partial charge is 0.497 e. The number of ether oxygens (including phenoxy) is 1. The molecule has 3 N–H and O–H groups in total. The summed E-state index contributed by atoms with van der Waals surface area (Å²) in [5, 5.41) is 15.9. The monoisotopic (exact) mass is 555 g/mol. The summed E-state index contributed by atoms with van der Waals surface area (Å²) in [6.07, 6.45) is 3.32. The highest BCUT2D eigenvalue weighted by atomic mass is 32.1. The number of nitrogens with one attached hydrogen (secondary N) is 2. The van der Waals surface area contributed by atoms with E-state index in [4.69, 9.17) is 9.72 Å². The van der Waals surface area contributed by atoms with E-state index >= 15 is 0 Å². The van der Waals surface area contributed by atoms with E-state index in [1.165, 1.54) is 35.5 Å². The summed E-state index contributed by atoms with van der Waals surface area (Å²) in [6, 6.07) is 4.42. The molecule has 0 saturated heterocycles. The van der Waals surface area contributed by atoms with Crippen molar-refractivity contribution in [2.75, 3.05) is 25.6 Å². The van der Waals surface area contributed by atoms with Crippen LogP contribution in [0.5, 0.6) is 5.75 Å². The number of thiophene rings is 1. The van der Waals surface area contributed by atoms with Crippen LogP contribution in [0.1, 0.15) is 59.6 Å². The van der Waals surface area contributed by atoms with Crippen molar-refractivity contribution in [3.8, 4) is 16.3 Å². The van der Waals surface area contributed by atoms with Crippen LogP contribution in [-0.2, 0) is 11.2 Å². The lowest BCUT2D eigenvalue weighted by molar-refractivity contribution is -0.126. The van der Waals surface area contributed by atoms with Crippen molar-refractivity contribution in [2.45, 2.75) is 58.7 Å². The van der Waals surface area contributed by atoms with Gasteiger partial charge in [-0.1, -0.05) is 6.92 Å². The Morgan fingerprint density at radius 2 is 2.05 bits per heavy atom. The lowest BCUT2D eigenvalue weighted by Gasteiger charge is -2.32. The van der Waals surface area contributed by atoms with E-state index < -0.39 is 30.4 Å². The van der Waals surface area contributed by atoms with Gasteiger partial charge in [0, 0.05) is 36.1 Å². The first-order valence-electron chi connectivity index (χ1n) is 12.9. The predicted molar refractivity (Wildman–Crippen MR) is 149 cm³/mol. The Bertz CT molecular complexity index is 1360. The molecule has 2 amide bonds. The number of anilines is 1. The molecular weight excluding hydrogens is 521 g/mol. The molecule has 9 nitrogen and oxygen atoms in total. The summed E-state index contributed by atoms with van der Waals surface area (Å²) < 4.78 is 19.1. The van der Waals surface area contributed by atoms with Crippen molar-refractivity contribution >= 4 is 29.1 Å². The number of aryl methyl sites for hydroxylation is 1. The van der Waals surface area contributed by atoms with E-state index in [-0.39, 0.29) is 17.7 Å². The minimum Gasteiger partial charge on any atom is -0.497 e. The molecular formula is C28H34FN5O4S. The van der Waals surface area contributed by atoms with Gasteiger partial charge in [-0.2, -0.15) is 0 Å². The molecule has 2 aromatic heterocycles. The number of benzene rings is 1. The second-order valence-corrected chi connectivity index (χ2v) is 10.9. The fourth-order valence-corrected chi connectivity index (χ4v) is 5.61. The third-order valence-electron chi connectivity index (χ3n) is 6.95. The summed E-state index contributed by atoms with van der Waals surface area (Å²) in [5.41, 5.74) is 2.61. The molecule has 0 bridgehead atoms. The zero-order valence-corrected chi connectivity index (χ0v) is 23.6. The Labute approximate surface area is 231 Å². The fraction of sp³-hybridized carbons (Fsp3) is 0.429. The second-order valence-electron chi connectivity index (χ2n) is 9.72. The van der Waals surface area contributed by atoms with Gasteiger partial charge in [-0.15, -0.1) is 11.3 Å². The van der Waals surface area contributed by atoms with Crippen LogP contribution in [0.25, 0.3) is 10.6 Å². The number of methoxy groups -OCH3 is 1. The molecule has 3 aromatic rings. The molecule has 1 aromatic carbocycles. The van der Waals surface area contributed by atoms with Gasteiger partial charge >= 0.3 is 0 Å². The number of hydrogen-bond acceptors (Lipinski definition) is 8. The molecule has 3 heterocycles. The van der Waals surface area contributed by atoms with E-state index in [0.29, 0.717) is 30.0 Å². The normalized spacial score (nSPS) is 15.4. The summed E-state index contributed by atoms with van der Waals surface area (Å²) in [7, 11) is 1.41. The average Bonchev–Trinajstić information content (AvgIpc) is 3.37. The number of aliphatic hydroxyl groups is 1. The number of carbonyl (C=O) groups is 2. The van der Waals surface area contributed by atoms with Crippen LogP contribution in [0, 0.1) is 12.7 Å². The van der Waals surface area contributed by atoms with Gasteiger partial charge in [-0.3, -0.25) is 9.59 Å². The summed E-state index contributed by atoms with van der Waals surface area (Å²) >= 11 is 1.53. The Hall–Kier alpha value is -3.57. The van der Waals surface area contributed by atoms with Crippen LogP contribution in [0.4, 0.5) is 10.3 Å². The first-order chi connectivity index (χ1) is 18.6. The molecule has 208 valence electrons. The minimum atomic E-state index is -0.855. The third kappa shape index (κ3) is 6.20. The lowest BCUT2D eigenvalue weighted by Crippen LogP contribution is -2.51. The number of fused-ring (bicyclic) bond motifs is 1. The van der Waals surface area contributed by atoms with Crippen molar-refractivity contribution < 1.29 is 23.8 Å². The van der Waals surface area contributed by atoms with Gasteiger partial charge in [-0.05, 0) is 56.5 Å². The Kier molecular flexibility index (Phi) is 8.81. The van der Waals surface area contributed by atoms with Crippen molar-refractivity contribution in [1.29, 1.82) is 0 Å². The lowest BCUT2D eigenvalue weighted by atomic mass is 10.0. The van der Waals surface area contributed by atoms with Gasteiger partial charge in [-0.25, -0.2) is 14.4 Å².